The van der Waals surface area contributed by atoms with Gasteiger partial charge in [0.05, 0.1) is 12.7 Å². The Morgan fingerprint density at radius 3 is 2.19 bits per heavy atom. The van der Waals surface area contributed by atoms with Gasteiger partial charge >= 0.3 is 0 Å². The van der Waals surface area contributed by atoms with Crippen LogP contribution >= 0.6 is 0 Å². The minimum atomic E-state index is -0.790. The molecule has 0 saturated heterocycles. The van der Waals surface area contributed by atoms with E-state index in [9.17, 15) is 13.2 Å². The van der Waals surface area contributed by atoms with Crippen molar-refractivity contribution in [2.75, 3.05) is 14.2 Å². The molecule has 0 spiro atoms. The van der Waals surface area contributed by atoms with Gasteiger partial charge in [0.1, 0.15) is 23.2 Å². The standard InChI is InChI=1S/C16H16F3NO/c1-9(20-2)12-5-4-10(17)6-13(12)16-14(18)7-11(21-3)8-15(16)19/h4-9,20H,1-3H3. The fourth-order valence-electron chi connectivity index (χ4n) is 2.20. The van der Waals surface area contributed by atoms with E-state index < -0.39 is 17.5 Å². The molecule has 2 aromatic carbocycles. The molecule has 5 heteroatoms. The topological polar surface area (TPSA) is 21.3 Å². The van der Waals surface area contributed by atoms with E-state index in [1.807, 2.05) is 6.92 Å². The highest BCUT2D eigenvalue weighted by Crippen LogP contribution is 2.34. The van der Waals surface area contributed by atoms with Crippen LogP contribution in [0.4, 0.5) is 13.2 Å². The summed E-state index contributed by atoms with van der Waals surface area (Å²) >= 11 is 0. The Hall–Kier alpha value is -2.01. The molecule has 21 heavy (non-hydrogen) atoms. The molecule has 0 aliphatic heterocycles. The molecular weight excluding hydrogens is 279 g/mol. The zero-order valence-corrected chi connectivity index (χ0v) is 12.0. The molecule has 2 nitrogen and oxygen atoms in total. The number of hydrogen-bond acceptors (Lipinski definition) is 2. The Labute approximate surface area is 121 Å². The monoisotopic (exact) mass is 295 g/mol. The Bertz CT molecular complexity index is 635. The molecule has 1 unspecified atom stereocenters. The molecule has 1 atom stereocenters. The van der Waals surface area contributed by atoms with Gasteiger partial charge in [-0.05, 0) is 37.2 Å². The van der Waals surface area contributed by atoms with Gasteiger partial charge in [-0.3, -0.25) is 0 Å². The number of ether oxygens (including phenoxy) is 1. The highest BCUT2D eigenvalue weighted by Gasteiger charge is 2.19. The van der Waals surface area contributed by atoms with Crippen LogP contribution in [-0.4, -0.2) is 14.2 Å². The maximum absolute atomic E-state index is 14.2. The van der Waals surface area contributed by atoms with Crippen molar-refractivity contribution in [2.45, 2.75) is 13.0 Å². The maximum atomic E-state index is 14.2. The molecule has 2 aromatic rings. The lowest BCUT2D eigenvalue weighted by Gasteiger charge is -2.17. The van der Waals surface area contributed by atoms with Gasteiger partial charge in [0.25, 0.3) is 0 Å². The first kappa shape index (κ1) is 15.4. The van der Waals surface area contributed by atoms with Crippen molar-refractivity contribution in [1.29, 1.82) is 0 Å². The van der Waals surface area contributed by atoms with Crippen molar-refractivity contribution in [3.05, 3.63) is 53.3 Å². The van der Waals surface area contributed by atoms with Crippen molar-refractivity contribution in [1.82, 2.24) is 5.32 Å². The summed E-state index contributed by atoms with van der Waals surface area (Å²) in [4.78, 5) is 0. The molecule has 0 amide bonds. The molecule has 0 aliphatic carbocycles. The molecule has 0 radical (unpaired) electrons. The van der Waals surface area contributed by atoms with E-state index in [1.165, 1.54) is 19.2 Å². The number of hydrogen-bond donors (Lipinski definition) is 1. The van der Waals surface area contributed by atoms with Crippen LogP contribution in [0.5, 0.6) is 5.75 Å². The average molecular weight is 295 g/mol. The van der Waals surface area contributed by atoms with Gasteiger partial charge in [0.2, 0.25) is 0 Å². The summed E-state index contributed by atoms with van der Waals surface area (Å²) < 4.78 is 46.7. The summed E-state index contributed by atoms with van der Waals surface area (Å²) in [5.74, 6) is -2.05. The van der Waals surface area contributed by atoms with E-state index in [0.29, 0.717) is 5.56 Å². The Morgan fingerprint density at radius 1 is 1.05 bits per heavy atom. The van der Waals surface area contributed by atoms with Gasteiger partial charge in [-0.15, -0.1) is 0 Å². The van der Waals surface area contributed by atoms with E-state index in [1.54, 1.807) is 7.05 Å². The number of rotatable bonds is 4. The van der Waals surface area contributed by atoms with Gasteiger partial charge in [0, 0.05) is 18.2 Å². The molecular formula is C16H16F3NO. The highest BCUT2D eigenvalue weighted by molar-refractivity contribution is 5.70. The van der Waals surface area contributed by atoms with E-state index in [2.05, 4.69) is 5.32 Å². The van der Waals surface area contributed by atoms with Gasteiger partial charge in [-0.25, -0.2) is 13.2 Å². The van der Waals surface area contributed by atoms with E-state index in [4.69, 9.17) is 4.74 Å². The van der Waals surface area contributed by atoms with Crippen molar-refractivity contribution in [3.8, 4) is 16.9 Å². The Morgan fingerprint density at radius 2 is 1.67 bits per heavy atom. The third-order valence-corrected chi connectivity index (χ3v) is 3.44. The van der Waals surface area contributed by atoms with Crippen LogP contribution in [0, 0.1) is 17.5 Å². The molecule has 0 bridgehead atoms. The minimum absolute atomic E-state index is 0.0772. The zero-order valence-electron chi connectivity index (χ0n) is 12.0. The minimum Gasteiger partial charge on any atom is -0.497 e. The predicted molar refractivity (Wildman–Crippen MR) is 75.8 cm³/mol. The van der Waals surface area contributed by atoms with Crippen molar-refractivity contribution < 1.29 is 17.9 Å². The summed E-state index contributed by atoms with van der Waals surface area (Å²) in [5.41, 5.74) is 0.545. The number of benzene rings is 2. The third-order valence-electron chi connectivity index (χ3n) is 3.44. The van der Waals surface area contributed by atoms with Crippen molar-refractivity contribution in [3.63, 3.8) is 0 Å². The lowest BCUT2D eigenvalue weighted by Crippen LogP contribution is -2.14. The molecule has 112 valence electrons. The van der Waals surface area contributed by atoms with Crippen molar-refractivity contribution >= 4 is 0 Å². The quantitative estimate of drug-likeness (QED) is 0.918. The predicted octanol–water partition coefficient (Wildman–Crippen LogP) is 4.06. The first-order valence-electron chi connectivity index (χ1n) is 6.48. The van der Waals surface area contributed by atoms with Crippen LogP contribution in [0.15, 0.2) is 30.3 Å². The summed E-state index contributed by atoms with van der Waals surface area (Å²) in [5, 5.41) is 2.98. The second-order valence-electron chi connectivity index (χ2n) is 4.71. The molecule has 0 aromatic heterocycles. The van der Waals surface area contributed by atoms with E-state index >= 15 is 0 Å². The zero-order chi connectivity index (χ0) is 15.6. The van der Waals surface area contributed by atoms with Gasteiger partial charge < -0.3 is 10.1 Å². The lowest BCUT2D eigenvalue weighted by molar-refractivity contribution is 0.407. The third kappa shape index (κ3) is 3.03. The molecule has 1 N–H and O–H groups in total. The average Bonchev–Trinajstić information content (AvgIpc) is 2.45. The first-order valence-corrected chi connectivity index (χ1v) is 6.48. The lowest BCUT2D eigenvalue weighted by atomic mass is 9.94. The largest absolute Gasteiger partial charge is 0.497 e. The second-order valence-corrected chi connectivity index (χ2v) is 4.71. The van der Waals surface area contributed by atoms with E-state index in [0.717, 1.165) is 18.2 Å². The summed E-state index contributed by atoms with van der Waals surface area (Å²) in [6.07, 6.45) is 0. The van der Waals surface area contributed by atoms with Crippen LogP contribution in [0.3, 0.4) is 0 Å². The van der Waals surface area contributed by atoms with Crippen LogP contribution in [0.2, 0.25) is 0 Å². The summed E-state index contributed by atoms with van der Waals surface area (Å²) in [7, 11) is 3.04. The smallest absolute Gasteiger partial charge is 0.137 e. The Balaban J connectivity index is 2.69. The maximum Gasteiger partial charge on any atom is 0.137 e. The normalized spacial score (nSPS) is 12.3. The molecule has 0 saturated carbocycles. The molecule has 0 heterocycles. The van der Waals surface area contributed by atoms with Gasteiger partial charge in [-0.1, -0.05) is 6.07 Å². The highest BCUT2D eigenvalue weighted by atomic mass is 19.1. The van der Waals surface area contributed by atoms with E-state index in [-0.39, 0.29) is 22.9 Å². The Kier molecular flexibility index (Phi) is 4.53. The van der Waals surface area contributed by atoms with Gasteiger partial charge in [-0.2, -0.15) is 0 Å². The van der Waals surface area contributed by atoms with Crippen LogP contribution in [0.1, 0.15) is 18.5 Å². The van der Waals surface area contributed by atoms with Crippen LogP contribution < -0.4 is 10.1 Å². The first-order chi connectivity index (χ1) is 9.97. The summed E-state index contributed by atoms with van der Waals surface area (Å²) in [6.45, 7) is 1.83. The number of methoxy groups -OCH3 is 1. The molecule has 0 fully saturated rings. The fourth-order valence-corrected chi connectivity index (χ4v) is 2.20. The second kappa shape index (κ2) is 6.18. The molecule has 2 rings (SSSR count). The molecule has 0 aliphatic rings. The van der Waals surface area contributed by atoms with Gasteiger partial charge in [0.15, 0.2) is 0 Å². The van der Waals surface area contributed by atoms with Crippen LogP contribution in [-0.2, 0) is 0 Å². The van der Waals surface area contributed by atoms with Crippen LogP contribution in [0.25, 0.3) is 11.1 Å². The SMILES string of the molecule is CNC(C)c1ccc(F)cc1-c1c(F)cc(OC)cc1F. The van der Waals surface area contributed by atoms with Crippen molar-refractivity contribution in [2.24, 2.45) is 0 Å². The number of halogens is 3. The summed E-state index contributed by atoms with van der Waals surface area (Å²) in [6, 6.07) is 5.91. The fraction of sp³-hybridized carbons (Fsp3) is 0.250. The number of nitrogens with one attached hydrogen (secondary N) is 1.